The van der Waals surface area contributed by atoms with Crippen LogP contribution in [-0.2, 0) is 4.79 Å². The molecule has 7 heteroatoms. The zero-order valence-corrected chi connectivity index (χ0v) is 12.2. The second-order valence-corrected chi connectivity index (χ2v) is 4.85. The van der Waals surface area contributed by atoms with Gasteiger partial charge in [0.1, 0.15) is 6.04 Å². The molecule has 3 aromatic rings. The minimum absolute atomic E-state index is 0.134. The normalized spacial score (nSPS) is 12.1. The molecule has 0 radical (unpaired) electrons. The van der Waals surface area contributed by atoms with E-state index in [2.05, 4.69) is 20.6 Å². The Hall–Kier alpha value is -2.96. The predicted octanol–water partition coefficient (Wildman–Crippen LogP) is 2.44. The maximum absolute atomic E-state index is 12.2. The lowest BCUT2D eigenvalue weighted by atomic mass is 10.2. The standard InChI is InChI=1S/C15H15N5O2/c1-10(20-9-3-8-16-20)14(21)17-13-6-4-12(5-7-13)15-19-18-11(2)22-15/h3-10H,1-2H3,(H,17,21). The maximum Gasteiger partial charge on any atom is 0.248 e. The van der Waals surface area contributed by atoms with Crippen molar-refractivity contribution in [1.82, 2.24) is 20.0 Å². The molecule has 0 saturated heterocycles. The van der Waals surface area contributed by atoms with E-state index in [1.54, 1.807) is 49.1 Å². The molecule has 1 N–H and O–H groups in total. The Morgan fingerprint density at radius 3 is 2.64 bits per heavy atom. The van der Waals surface area contributed by atoms with Crippen molar-refractivity contribution in [2.75, 3.05) is 5.32 Å². The van der Waals surface area contributed by atoms with Gasteiger partial charge in [0.15, 0.2) is 0 Å². The fraction of sp³-hybridized carbons (Fsp3) is 0.200. The number of rotatable bonds is 4. The van der Waals surface area contributed by atoms with Gasteiger partial charge in [-0.15, -0.1) is 10.2 Å². The van der Waals surface area contributed by atoms with Crippen LogP contribution in [0.1, 0.15) is 18.9 Å². The van der Waals surface area contributed by atoms with Crippen LogP contribution in [0, 0.1) is 6.92 Å². The van der Waals surface area contributed by atoms with Gasteiger partial charge in [0, 0.05) is 30.6 Å². The minimum atomic E-state index is -0.381. The summed E-state index contributed by atoms with van der Waals surface area (Å²) in [6.45, 7) is 3.53. The van der Waals surface area contributed by atoms with Gasteiger partial charge in [-0.05, 0) is 37.3 Å². The third kappa shape index (κ3) is 2.88. The summed E-state index contributed by atoms with van der Waals surface area (Å²) in [5.41, 5.74) is 1.50. The molecule has 0 fully saturated rings. The number of nitrogens with zero attached hydrogens (tertiary/aromatic N) is 4. The summed E-state index contributed by atoms with van der Waals surface area (Å²) in [5.74, 6) is 0.839. The number of benzene rings is 1. The van der Waals surface area contributed by atoms with E-state index >= 15 is 0 Å². The molecule has 2 aromatic heterocycles. The first-order valence-corrected chi connectivity index (χ1v) is 6.84. The number of hydrogen-bond acceptors (Lipinski definition) is 5. The summed E-state index contributed by atoms with van der Waals surface area (Å²) in [6, 6.07) is 8.63. The summed E-state index contributed by atoms with van der Waals surface area (Å²) in [7, 11) is 0. The molecule has 3 rings (SSSR count). The molecule has 0 bridgehead atoms. The highest BCUT2D eigenvalue weighted by Gasteiger charge is 2.15. The van der Waals surface area contributed by atoms with Crippen LogP contribution in [0.4, 0.5) is 5.69 Å². The molecule has 112 valence electrons. The van der Waals surface area contributed by atoms with E-state index < -0.39 is 0 Å². The van der Waals surface area contributed by atoms with Crippen LogP contribution in [0.15, 0.2) is 47.1 Å². The van der Waals surface area contributed by atoms with Gasteiger partial charge >= 0.3 is 0 Å². The molecule has 1 atom stereocenters. The molecule has 0 aliphatic heterocycles. The molecule has 0 aliphatic rings. The lowest BCUT2D eigenvalue weighted by Crippen LogP contribution is -2.23. The van der Waals surface area contributed by atoms with E-state index in [1.165, 1.54) is 0 Å². The van der Waals surface area contributed by atoms with Gasteiger partial charge < -0.3 is 9.73 Å². The molecule has 0 spiro atoms. The van der Waals surface area contributed by atoms with Crippen LogP contribution < -0.4 is 5.32 Å². The summed E-state index contributed by atoms with van der Waals surface area (Å²) in [5, 5.41) is 14.7. The summed E-state index contributed by atoms with van der Waals surface area (Å²) in [4.78, 5) is 12.2. The van der Waals surface area contributed by atoms with Crippen LogP contribution in [0.2, 0.25) is 0 Å². The first kappa shape index (κ1) is 14.0. The molecular formula is C15H15N5O2. The van der Waals surface area contributed by atoms with Gasteiger partial charge in [-0.25, -0.2) is 0 Å². The summed E-state index contributed by atoms with van der Waals surface area (Å²) in [6.07, 6.45) is 3.40. The molecule has 1 aromatic carbocycles. The topological polar surface area (TPSA) is 85.8 Å². The molecule has 7 nitrogen and oxygen atoms in total. The van der Waals surface area contributed by atoms with Crippen LogP contribution in [-0.4, -0.2) is 25.9 Å². The first-order chi connectivity index (χ1) is 10.6. The van der Waals surface area contributed by atoms with E-state index in [-0.39, 0.29) is 11.9 Å². The second-order valence-electron chi connectivity index (χ2n) is 4.85. The molecule has 22 heavy (non-hydrogen) atoms. The molecule has 0 aliphatic carbocycles. The lowest BCUT2D eigenvalue weighted by molar-refractivity contribution is -0.119. The average Bonchev–Trinajstić information content (AvgIpc) is 3.18. The van der Waals surface area contributed by atoms with Crippen molar-refractivity contribution in [2.45, 2.75) is 19.9 Å². The fourth-order valence-corrected chi connectivity index (χ4v) is 1.99. The summed E-state index contributed by atoms with van der Waals surface area (Å²) >= 11 is 0. The zero-order chi connectivity index (χ0) is 15.5. The highest BCUT2D eigenvalue weighted by molar-refractivity contribution is 5.93. The van der Waals surface area contributed by atoms with Crippen LogP contribution in [0.25, 0.3) is 11.5 Å². The number of anilines is 1. The quantitative estimate of drug-likeness (QED) is 0.799. The predicted molar refractivity (Wildman–Crippen MR) is 80.0 cm³/mol. The second kappa shape index (κ2) is 5.80. The molecule has 2 heterocycles. The van der Waals surface area contributed by atoms with Crippen LogP contribution in [0.3, 0.4) is 0 Å². The van der Waals surface area contributed by atoms with Gasteiger partial charge in [0.05, 0.1) is 0 Å². The van der Waals surface area contributed by atoms with Gasteiger partial charge in [-0.1, -0.05) is 0 Å². The van der Waals surface area contributed by atoms with E-state index in [0.29, 0.717) is 17.5 Å². The third-order valence-electron chi connectivity index (χ3n) is 3.23. The largest absolute Gasteiger partial charge is 0.421 e. The van der Waals surface area contributed by atoms with Crippen molar-refractivity contribution < 1.29 is 9.21 Å². The van der Waals surface area contributed by atoms with Gasteiger partial charge in [-0.2, -0.15) is 5.10 Å². The zero-order valence-electron chi connectivity index (χ0n) is 12.2. The molecule has 1 amide bonds. The van der Waals surface area contributed by atoms with E-state index in [1.807, 2.05) is 12.1 Å². The van der Waals surface area contributed by atoms with Gasteiger partial charge in [-0.3, -0.25) is 9.48 Å². The lowest BCUT2D eigenvalue weighted by Gasteiger charge is -2.12. The summed E-state index contributed by atoms with van der Waals surface area (Å²) < 4.78 is 6.96. The number of aromatic nitrogens is 4. The number of hydrogen-bond donors (Lipinski definition) is 1. The Labute approximate surface area is 127 Å². The van der Waals surface area contributed by atoms with Crippen molar-refractivity contribution in [2.24, 2.45) is 0 Å². The Kier molecular flexibility index (Phi) is 3.69. The SMILES string of the molecule is Cc1nnc(-c2ccc(NC(=O)C(C)n3cccn3)cc2)o1. The van der Waals surface area contributed by atoms with Crippen molar-refractivity contribution in [3.63, 3.8) is 0 Å². The maximum atomic E-state index is 12.2. The van der Waals surface area contributed by atoms with Crippen LogP contribution in [0.5, 0.6) is 0 Å². The smallest absolute Gasteiger partial charge is 0.248 e. The van der Waals surface area contributed by atoms with E-state index in [4.69, 9.17) is 4.42 Å². The molecular weight excluding hydrogens is 282 g/mol. The number of aryl methyl sites for hydroxylation is 1. The number of carbonyl (C=O) groups excluding carboxylic acids is 1. The number of nitrogens with one attached hydrogen (secondary N) is 1. The van der Waals surface area contributed by atoms with Crippen LogP contribution >= 0.6 is 0 Å². The van der Waals surface area contributed by atoms with Gasteiger partial charge in [0.25, 0.3) is 0 Å². The Balaban J connectivity index is 1.69. The van der Waals surface area contributed by atoms with Crippen molar-refractivity contribution in [1.29, 1.82) is 0 Å². The first-order valence-electron chi connectivity index (χ1n) is 6.84. The van der Waals surface area contributed by atoms with Crippen molar-refractivity contribution in [3.05, 3.63) is 48.6 Å². The Morgan fingerprint density at radius 2 is 2.05 bits per heavy atom. The minimum Gasteiger partial charge on any atom is -0.421 e. The van der Waals surface area contributed by atoms with Crippen molar-refractivity contribution in [3.8, 4) is 11.5 Å². The highest BCUT2D eigenvalue weighted by atomic mass is 16.4. The third-order valence-corrected chi connectivity index (χ3v) is 3.23. The number of carbonyl (C=O) groups is 1. The fourth-order valence-electron chi connectivity index (χ4n) is 1.99. The van der Waals surface area contributed by atoms with Gasteiger partial charge in [0.2, 0.25) is 17.7 Å². The molecule has 1 unspecified atom stereocenters. The number of amides is 1. The highest BCUT2D eigenvalue weighted by Crippen LogP contribution is 2.20. The van der Waals surface area contributed by atoms with Crippen molar-refractivity contribution >= 4 is 11.6 Å². The van der Waals surface area contributed by atoms with E-state index in [0.717, 1.165) is 5.56 Å². The average molecular weight is 297 g/mol. The molecule has 0 saturated carbocycles. The monoisotopic (exact) mass is 297 g/mol. The Bertz CT molecular complexity index is 762. The Morgan fingerprint density at radius 1 is 1.27 bits per heavy atom. The van der Waals surface area contributed by atoms with E-state index in [9.17, 15) is 4.79 Å².